The van der Waals surface area contributed by atoms with E-state index < -0.39 is 0 Å². The van der Waals surface area contributed by atoms with Gasteiger partial charge in [0.1, 0.15) is 0 Å². The van der Waals surface area contributed by atoms with Crippen LogP contribution < -0.4 is 5.32 Å². The molecular formula is C18H23N5O. The van der Waals surface area contributed by atoms with Gasteiger partial charge in [-0.3, -0.25) is 24.6 Å². The highest BCUT2D eigenvalue weighted by molar-refractivity contribution is 5.83. The first-order chi connectivity index (χ1) is 11.7. The zero-order valence-electron chi connectivity index (χ0n) is 14.0. The summed E-state index contributed by atoms with van der Waals surface area (Å²) >= 11 is 0. The molecule has 1 amide bonds. The maximum atomic E-state index is 11.9. The fourth-order valence-electron chi connectivity index (χ4n) is 3.82. The number of hydrogen-bond acceptors (Lipinski definition) is 5. The minimum Gasteiger partial charge on any atom is -0.355 e. The van der Waals surface area contributed by atoms with Crippen molar-refractivity contribution in [2.75, 3.05) is 32.7 Å². The van der Waals surface area contributed by atoms with Crippen molar-refractivity contribution in [3.8, 4) is 0 Å². The molecule has 2 aromatic rings. The number of hydrogen-bond donors (Lipinski definition) is 1. The highest BCUT2D eigenvalue weighted by Gasteiger charge is 2.33. The Morgan fingerprint density at radius 1 is 1.12 bits per heavy atom. The summed E-state index contributed by atoms with van der Waals surface area (Å²) in [4.78, 5) is 25.4. The third-order valence-electron chi connectivity index (χ3n) is 5.33. The zero-order valence-corrected chi connectivity index (χ0v) is 14.0. The predicted molar refractivity (Wildman–Crippen MR) is 92.5 cm³/mol. The summed E-state index contributed by atoms with van der Waals surface area (Å²) < 4.78 is 0. The smallest absolute Gasteiger partial charge is 0.237 e. The molecule has 126 valence electrons. The lowest BCUT2D eigenvalue weighted by atomic mass is 10.0. The SMILES string of the molecule is C[C@@H](c1ccc2nccnc2c1)N1CCN(C2CCNC2=O)CC1. The molecule has 1 unspecified atom stereocenters. The third kappa shape index (κ3) is 2.87. The van der Waals surface area contributed by atoms with E-state index in [1.807, 2.05) is 6.07 Å². The largest absolute Gasteiger partial charge is 0.355 e. The summed E-state index contributed by atoms with van der Waals surface area (Å²) in [7, 11) is 0. The van der Waals surface area contributed by atoms with Crippen molar-refractivity contribution in [1.29, 1.82) is 0 Å². The molecule has 6 nitrogen and oxygen atoms in total. The Bertz CT molecular complexity index is 741. The number of benzene rings is 1. The van der Waals surface area contributed by atoms with Crippen LogP contribution in [-0.2, 0) is 4.79 Å². The van der Waals surface area contributed by atoms with Crippen LogP contribution in [0.2, 0.25) is 0 Å². The number of nitrogens with zero attached hydrogens (tertiary/aromatic N) is 4. The second-order valence-corrected chi connectivity index (χ2v) is 6.65. The van der Waals surface area contributed by atoms with Crippen molar-refractivity contribution in [3.05, 3.63) is 36.2 Å². The Hall–Kier alpha value is -2.05. The van der Waals surface area contributed by atoms with Gasteiger partial charge in [-0.05, 0) is 31.0 Å². The molecular weight excluding hydrogens is 302 g/mol. The van der Waals surface area contributed by atoms with Gasteiger partial charge in [-0.2, -0.15) is 0 Å². The van der Waals surface area contributed by atoms with E-state index in [2.05, 4.69) is 44.1 Å². The number of fused-ring (bicyclic) bond motifs is 1. The minimum atomic E-state index is 0.0819. The molecule has 4 rings (SSSR count). The second kappa shape index (κ2) is 6.45. The van der Waals surface area contributed by atoms with Gasteiger partial charge >= 0.3 is 0 Å². The first-order valence-electron chi connectivity index (χ1n) is 8.69. The van der Waals surface area contributed by atoms with Crippen LogP contribution >= 0.6 is 0 Å². The molecule has 2 saturated heterocycles. The zero-order chi connectivity index (χ0) is 16.5. The van der Waals surface area contributed by atoms with Gasteiger partial charge in [-0.25, -0.2) is 0 Å². The van der Waals surface area contributed by atoms with E-state index >= 15 is 0 Å². The van der Waals surface area contributed by atoms with E-state index in [9.17, 15) is 4.79 Å². The van der Waals surface area contributed by atoms with E-state index in [1.54, 1.807) is 12.4 Å². The lowest BCUT2D eigenvalue weighted by molar-refractivity contribution is -0.124. The van der Waals surface area contributed by atoms with E-state index in [0.717, 1.165) is 50.2 Å². The van der Waals surface area contributed by atoms with Crippen LogP contribution in [0.15, 0.2) is 30.6 Å². The molecule has 1 aromatic heterocycles. The Kier molecular flexibility index (Phi) is 4.16. The number of piperazine rings is 1. The molecule has 0 bridgehead atoms. The average molecular weight is 325 g/mol. The quantitative estimate of drug-likeness (QED) is 0.919. The van der Waals surface area contributed by atoms with Gasteiger partial charge in [0.25, 0.3) is 0 Å². The van der Waals surface area contributed by atoms with Gasteiger partial charge in [0.05, 0.1) is 17.1 Å². The van der Waals surface area contributed by atoms with Crippen LogP contribution in [0.5, 0.6) is 0 Å². The molecule has 2 atom stereocenters. The number of amides is 1. The molecule has 2 aliphatic rings. The number of carbonyl (C=O) groups is 1. The van der Waals surface area contributed by atoms with Gasteiger partial charge in [-0.15, -0.1) is 0 Å². The van der Waals surface area contributed by atoms with Crippen molar-refractivity contribution >= 4 is 16.9 Å². The molecule has 3 heterocycles. The van der Waals surface area contributed by atoms with Gasteiger partial charge in [0, 0.05) is 51.2 Å². The van der Waals surface area contributed by atoms with Gasteiger partial charge in [-0.1, -0.05) is 6.07 Å². The normalized spacial score (nSPS) is 24.2. The summed E-state index contributed by atoms with van der Waals surface area (Å²) in [5, 5.41) is 2.94. The van der Waals surface area contributed by atoms with Crippen LogP contribution in [0, 0.1) is 0 Å². The Morgan fingerprint density at radius 2 is 1.88 bits per heavy atom. The van der Waals surface area contributed by atoms with E-state index in [4.69, 9.17) is 0 Å². The highest BCUT2D eigenvalue weighted by atomic mass is 16.2. The fraction of sp³-hybridized carbons (Fsp3) is 0.500. The number of nitrogens with one attached hydrogen (secondary N) is 1. The van der Waals surface area contributed by atoms with Crippen LogP contribution in [0.1, 0.15) is 24.9 Å². The van der Waals surface area contributed by atoms with Crippen LogP contribution in [0.25, 0.3) is 11.0 Å². The molecule has 0 spiro atoms. The summed E-state index contributed by atoms with van der Waals surface area (Å²) in [5.41, 5.74) is 3.16. The van der Waals surface area contributed by atoms with Gasteiger partial charge in [0.2, 0.25) is 5.91 Å². The van der Waals surface area contributed by atoms with Crippen LogP contribution in [0.4, 0.5) is 0 Å². The second-order valence-electron chi connectivity index (χ2n) is 6.65. The predicted octanol–water partition coefficient (Wildman–Crippen LogP) is 1.20. The number of aromatic nitrogens is 2. The Labute approximate surface area is 141 Å². The maximum Gasteiger partial charge on any atom is 0.237 e. The van der Waals surface area contributed by atoms with Crippen molar-refractivity contribution in [3.63, 3.8) is 0 Å². The molecule has 1 aromatic carbocycles. The fourth-order valence-corrected chi connectivity index (χ4v) is 3.82. The monoisotopic (exact) mass is 325 g/mol. The molecule has 2 aliphatic heterocycles. The minimum absolute atomic E-state index is 0.0819. The number of rotatable bonds is 3. The topological polar surface area (TPSA) is 61.4 Å². The van der Waals surface area contributed by atoms with E-state index in [1.165, 1.54) is 5.56 Å². The molecule has 2 fully saturated rings. The summed E-state index contributed by atoms with van der Waals surface area (Å²) in [5.74, 6) is 0.199. The highest BCUT2D eigenvalue weighted by Crippen LogP contribution is 2.25. The van der Waals surface area contributed by atoms with Crippen LogP contribution in [-0.4, -0.2) is 64.4 Å². The van der Waals surface area contributed by atoms with Crippen molar-refractivity contribution in [2.45, 2.75) is 25.4 Å². The van der Waals surface area contributed by atoms with Crippen LogP contribution in [0.3, 0.4) is 0 Å². The summed E-state index contributed by atoms with van der Waals surface area (Å²) in [6.07, 6.45) is 4.41. The molecule has 0 aliphatic carbocycles. The Morgan fingerprint density at radius 3 is 2.58 bits per heavy atom. The van der Waals surface area contributed by atoms with E-state index in [0.29, 0.717) is 6.04 Å². The van der Waals surface area contributed by atoms with Crippen molar-refractivity contribution < 1.29 is 4.79 Å². The molecule has 1 N–H and O–H groups in total. The first-order valence-corrected chi connectivity index (χ1v) is 8.69. The molecule has 0 saturated carbocycles. The molecule has 6 heteroatoms. The lowest BCUT2D eigenvalue weighted by Gasteiger charge is -2.40. The average Bonchev–Trinajstić information content (AvgIpc) is 3.07. The first kappa shape index (κ1) is 15.5. The molecule has 0 radical (unpaired) electrons. The van der Waals surface area contributed by atoms with E-state index in [-0.39, 0.29) is 11.9 Å². The van der Waals surface area contributed by atoms with Crippen molar-refractivity contribution in [1.82, 2.24) is 25.1 Å². The Balaban J connectivity index is 1.43. The van der Waals surface area contributed by atoms with Gasteiger partial charge in [0.15, 0.2) is 0 Å². The summed E-state index contributed by atoms with van der Waals surface area (Å²) in [6, 6.07) is 6.77. The maximum absolute atomic E-state index is 11.9. The van der Waals surface area contributed by atoms with Crippen molar-refractivity contribution in [2.24, 2.45) is 0 Å². The standard InChI is InChI=1S/C18H23N5O/c1-13(14-2-3-15-16(12-14)20-7-6-19-15)22-8-10-23(11-9-22)17-4-5-21-18(17)24/h2-3,6-7,12-13,17H,4-5,8-11H2,1H3,(H,21,24)/t13-,17?/m0/s1. The van der Waals surface area contributed by atoms with Gasteiger partial charge < -0.3 is 5.32 Å². The summed E-state index contributed by atoms with van der Waals surface area (Å²) in [6.45, 7) is 6.95. The molecule has 24 heavy (non-hydrogen) atoms. The lowest BCUT2D eigenvalue weighted by Crippen LogP contribution is -2.52. The number of carbonyl (C=O) groups excluding carboxylic acids is 1. The third-order valence-corrected chi connectivity index (χ3v) is 5.33.